The molecule has 0 radical (unpaired) electrons. The van der Waals surface area contributed by atoms with Crippen molar-refractivity contribution in [2.45, 2.75) is 47.5 Å². The van der Waals surface area contributed by atoms with Crippen LogP contribution < -0.4 is 0 Å². The van der Waals surface area contributed by atoms with Crippen LogP contribution in [0.2, 0.25) is 0 Å². The van der Waals surface area contributed by atoms with Crippen molar-refractivity contribution in [3.63, 3.8) is 0 Å². The zero-order chi connectivity index (χ0) is 9.49. The van der Waals surface area contributed by atoms with Gasteiger partial charge in [-0.1, -0.05) is 41.0 Å². The Morgan fingerprint density at radius 2 is 1.64 bits per heavy atom. The van der Waals surface area contributed by atoms with Gasteiger partial charge in [-0.2, -0.15) is 0 Å². The Labute approximate surface area is 75.9 Å². The summed E-state index contributed by atoms with van der Waals surface area (Å²) < 4.78 is 6.47. The van der Waals surface area contributed by atoms with Crippen molar-refractivity contribution in [3.05, 3.63) is 0 Å². The van der Waals surface area contributed by atoms with Crippen LogP contribution in [0.3, 0.4) is 0 Å². The summed E-state index contributed by atoms with van der Waals surface area (Å²) in [5.41, 5.74) is 0.523. The number of halogens is 1. The first-order valence-electron chi connectivity index (χ1n) is 4.12. The molecule has 1 atom stereocenters. The molecule has 0 aliphatic carbocycles. The molecule has 70 valence electrons. The van der Waals surface area contributed by atoms with Gasteiger partial charge < -0.3 is 0 Å². The van der Waals surface area contributed by atoms with Crippen molar-refractivity contribution >= 4 is 11.9 Å². The van der Waals surface area contributed by atoms with E-state index in [4.69, 9.17) is 4.66 Å². The van der Waals surface area contributed by atoms with Gasteiger partial charge in [0, 0.05) is 0 Å². The summed E-state index contributed by atoms with van der Waals surface area (Å²) in [6, 6.07) is 0. The molecule has 0 aromatic rings. The average molecular weight is 181 g/mol. The maximum absolute atomic E-state index is 6.47. The van der Waals surface area contributed by atoms with Gasteiger partial charge >= 0.3 is 0 Å². The molecule has 11 heavy (non-hydrogen) atoms. The van der Waals surface area contributed by atoms with Crippen LogP contribution >= 0.6 is 11.9 Å². The fourth-order valence-corrected chi connectivity index (χ4v) is 1.19. The van der Waals surface area contributed by atoms with Crippen molar-refractivity contribution < 1.29 is 4.66 Å². The molecule has 0 aromatic carbocycles. The highest BCUT2D eigenvalue weighted by atomic mass is 35.5. The highest BCUT2D eigenvalue weighted by molar-refractivity contribution is 6.04. The van der Waals surface area contributed by atoms with Crippen LogP contribution in [0.1, 0.15) is 47.5 Å². The second-order valence-electron chi connectivity index (χ2n) is 4.28. The Kier molecular flexibility index (Phi) is 8.70. The molecule has 0 spiro atoms. The molecule has 0 aromatic heterocycles. The first-order chi connectivity index (χ1) is 4.95. The van der Waals surface area contributed by atoms with Crippen LogP contribution in [-0.4, -0.2) is 4.66 Å². The fraction of sp³-hybridized carbons (Fsp3) is 1.00. The van der Waals surface area contributed by atoms with Crippen LogP contribution in [0.5, 0.6) is 0 Å². The Balaban J connectivity index is 0. The second kappa shape index (κ2) is 6.93. The van der Waals surface area contributed by atoms with Gasteiger partial charge in [-0.3, -0.25) is 4.66 Å². The first kappa shape index (κ1) is 13.8. The second-order valence-corrected chi connectivity index (χ2v) is 4.28. The van der Waals surface area contributed by atoms with Crippen LogP contribution in [-0.2, 0) is 0 Å². The van der Waals surface area contributed by atoms with Gasteiger partial charge in [0.25, 0.3) is 0 Å². The van der Waals surface area contributed by atoms with E-state index in [0.717, 1.165) is 5.92 Å². The summed E-state index contributed by atoms with van der Waals surface area (Å²) in [5.74, 6) is 0.894. The van der Waals surface area contributed by atoms with E-state index in [1.807, 2.05) is 0 Å². The molecular formula is C9H21ClO. The van der Waals surface area contributed by atoms with Crippen LogP contribution in [0.15, 0.2) is 0 Å². The zero-order valence-electron chi connectivity index (χ0n) is 8.32. The molecule has 0 amide bonds. The Hall–Kier alpha value is 0.250. The van der Waals surface area contributed by atoms with E-state index >= 15 is 0 Å². The van der Waals surface area contributed by atoms with Gasteiger partial charge in [0.15, 0.2) is 0 Å². The molecule has 0 heterocycles. The highest BCUT2D eigenvalue weighted by Crippen LogP contribution is 2.25. The molecule has 0 fully saturated rings. The van der Waals surface area contributed by atoms with Crippen molar-refractivity contribution in [2.75, 3.05) is 0 Å². The lowest BCUT2D eigenvalue weighted by Gasteiger charge is -2.21. The van der Waals surface area contributed by atoms with E-state index in [1.165, 1.54) is 12.8 Å². The third kappa shape index (κ3) is 13.3. The van der Waals surface area contributed by atoms with Gasteiger partial charge in [0.1, 0.15) is 0 Å². The Morgan fingerprint density at radius 1 is 1.27 bits per heavy atom. The Bertz CT molecular complexity index is 76.1. The lowest BCUT2D eigenvalue weighted by Crippen LogP contribution is -2.09. The zero-order valence-corrected chi connectivity index (χ0v) is 9.07. The third-order valence-corrected chi connectivity index (χ3v) is 1.66. The minimum absolute atomic E-state index is 0.523. The molecule has 0 rings (SSSR count). The lowest BCUT2D eigenvalue weighted by atomic mass is 9.84. The first-order valence-corrected chi connectivity index (χ1v) is 4.46. The summed E-state index contributed by atoms with van der Waals surface area (Å²) in [5, 5.41) is 0. The predicted octanol–water partition coefficient (Wildman–Crippen LogP) is 3.60. The topological polar surface area (TPSA) is 20.2 Å². The molecule has 0 saturated heterocycles. The molecular weight excluding hydrogens is 160 g/mol. The molecule has 0 bridgehead atoms. The third-order valence-electron chi connectivity index (χ3n) is 1.66. The van der Waals surface area contributed by atoms with E-state index in [-0.39, 0.29) is 0 Å². The van der Waals surface area contributed by atoms with Crippen LogP contribution in [0.25, 0.3) is 0 Å². The van der Waals surface area contributed by atoms with E-state index in [0.29, 0.717) is 5.41 Å². The fourth-order valence-electron chi connectivity index (χ4n) is 1.19. The molecule has 0 aliphatic heterocycles. The summed E-state index contributed by atoms with van der Waals surface area (Å²) in [7, 11) is 0. The van der Waals surface area contributed by atoms with Crippen molar-refractivity contribution in [3.8, 4) is 0 Å². The van der Waals surface area contributed by atoms with E-state index in [9.17, 15) is 0 Å². The van der Waals surface area contributed by atoms with Crippen molar-refractivity contribution in [2.24, 2.45) is 11.3 Å². The maximum atomic E-state index is 6.47. The lowest BCUT2D eigenvalue weighted by molar-refractivity contribution is 0.302. The van der Waals surface area contributed by atoms with Gasteiger partial charge in [-0.05, 0) is 17.8 Å². The average Bonchev–Trinajstić information content (AvgIpc) is 1.89. The van der Waals surface area contributed by atoms with Gasteiger partial charge in [0.05, 0.1) is 11.9 Å². The van der Waals surface area contributed by atoms with Gasteiger partial charge in [0.2, 0.25) is 0 Å². The summed E-state index contributed by atoms with van der Waals surface area (Å²) >= 11 is 3.64. The van der Waals surface area contributed by atoms with E-state index < -0.39 is 0 Å². The molecule has 0 aliphatic rings. The smallest absolute Gasteiger partial charge is 0.0579 e. The number of rotatable bonds is 2. The minimum Gasteiger partial charge on any atom is -0.295 e. The predicted molar refractivity (Wildman–Crippen MR) is 51.6 cm³/mol. The van der Waals surface area contributed by atoms with Crippen molar-refractivity contribution in [1.29, 1.82) is 0 Å². The van der Waals surface area contributed by atoms with Crippen LogP contribution in [0, 0.1) is 11.3 Å². The maximum Gasteiger partial charge on any atom is 0.0579 e. The standard InChI is InChI=1S/C9H20.ClHO/c1-6-8(2)7-9(3,4)5;1-2/h8H,6-7H2,1-5H3;2H. The number of hydrogen-bond donors (Lipinski definition) is 1. The minimum atomic E-state index is 0.523. The van der Waals surface area contributed by atoms with Crippen LogP contribution in [0.4, 0.5) is 0 Å². The monoisotopic (exact) mass is 180 g/mol. The van der Waals surface area contributed by atoms with Gasteiger partial charge in [-0.25, -0.2) is 0 Å². The van der Waals surface area contributed by atoms with Crippen molar-refractivity contribution in [1.82, 2.24) is 0 Å². The van der Waals surface area contributed by atoms with E-state index in [1.54, 1.807) is 0 Å². The molecule has 0 saturated carbocycles. The number of hydrogen-bond acceptors (Lipinski definition) is 1. The highest BCUT2D eigenvalue weighted by Gasteiger charge is 2.13. The largest absolute Gasteiger partial charge is 0.295 e. The molecule has 1 nitrogen and oxygen atoms in total. The summed E-state index contributed by atoms with van der Waals surface area (Å²) in [4.78, 5) is 0. The summed E-state index contributed by atoms with van der Waals surface area (Å²) in [6.45, 7) is 11.5. The normalized spacial score (nSPS) is 13.4. The molecule has 2 heteroatoms. The quantitative estimate of drug-likeness (QED) is 0.689. The molecule has 1 N–H and O–H groups in total. The van der Waals surface area contributed by atoms with Gasteiger partial charge in [-0.15, -0.1) is 0 Å². The SMILES string of the molecule is CCC(C)CC(C)(C)C.OCl. The van der Waals surface area contributed by atoms with E-state index in [2.05, 4.69) is 46.5 Å². The molecule has 1 unspecified atom stereocenters. The summed E-state index contributed by atoms with van der Waals surface area (Å²) in [6.07, 6.45) is 2.67. The Morgan fingerprint density at radius 3 is 1.73 bits per heavy atom.